The number of aromatic nitrogens is 2. The van der Waals surface area contributed by atoms with Crippen molar-refractivity contribution in [2.45, 2.75) is 97.8 Å². The molecule has 0 fully saturated rings. The van der Waals surface area contributed by atoms with Gasteiger partial charge in [0, 0.05) is 22.4 Å². The molecule has 0 aromatic carbocycles. The van der Waals surface area contributed by atoms with Crippen LogP contribution in [0.4, 0.5) is 0 Å². The molecule has 0 bridgehead atoms. The van der Waals surface area contributed by atoms with Gasteiger partial charge in [0.2, 0.25) is 0 Å². The molecule has 0 aliphatic rings. The van der Waals surface area contributed by atoms with Crippen LogP contribution < -0.4 is 0 Å². The van der Waals surface area contributed by atoms with Crippen LogP contribution in [0, 0.1) is 0 Å². The molecule has 1 heterocycles. The van der Waals surface area contributed by atoms with E-state index < -0.39 is 0 Å². The second kappa shape index (κ2) is 6.32. The third kappa shape index (κ3) is 3.86. The first-order valence-electron chi connectivity index (χ1n) is 8.24. The molecule has 2 nitrogen and oxygen atoms in total. The smallest absolute Gasteiger partial charge is 0.109 e. The molecule has 0 saturated carbocycles. The molecule has 1 rings (SSSR count). The minimum atomic E-state index is 0.123. The monoisotopic (exact) mass is 278 g/mol. The summed E-state index contributed by atoms with van der Waals surface area (Å²) in [5.41, 5.74) is 2.89. The van der Waals surface area contributed by atoms with Gasteiger partial charge in [0.25, 0.3) is 0 Å². The molecule has 1 atom stereocenters. The maximum absolute atomic E-state index is 5.02. The van der Waals surface area contributed by atoms with Crippen molar-refractivity contribution in [3.63, 3.8) is 0 Å². The molecule has 20 heavy (non-hydrogen) atoms. The lowest BCUT2D eigenvalue weighted by Gasteiger charge is -2.28. The summed E-state index contributed by atoms with van der Waals surface area (Å²) in [6.45, 7) is 18.3. The minimum absolute atomic E-state index is 0.123. The van der Waals surface area contributed by atoms with Gasteiger partial charge in [-0.05, 0) is 12.8 Å². The number of aromatic amines is 1. The van der Waals surface area contributed by atoms with E-state index in [1.54, 1.807) is 0 Å². The average Bonchev–Trinajstić information content (AvgIpc) is 2.81. The summed E-state index contributed by atoms with van der Waals surface area (Å²) in [5, 5.41) is 0. The molecule has 1 N–H and O–H groups in total. The fraction of sp³-hybridized carbons (Fsp3) is 0.833. The van der Waals surface area contributed by atoms with Crippen LogP contribution in [0.3, 0.4) is 0 Å². The molecular weight excluding hydrogens is 244 g/mol. The number of H-pyrrole nitrogens is 1. The van der Waals surface area contributed by atoms with Crippen molar-refractivity contribution < 1.29 is 0 Å². The molecular formula is C18H34N2. The summed E-state index contributed by atoms with van der Waals surface area (Å²) < 4.78 is 0. The Morgan fingerprint density at radius 2 is 1.70 bits per heavy atom. The third-order valence-electron chi connectivity index (χ3n) is 4.35. The van der Waals surface area contributed by atoms with Gasteiger partial charge >= 0.3 is 0 Å². The van der Waals surface area contributed by atoms with Gasteiger partial charge in [-0.2, -0.15) is 0 Å². The summed E-state index contributed by atoms with van der Waals surface area (Å²) in [4.78, 5) is 8.66. The van der Waals surface area contributed by atoms with E-state index in [4.69, 9.17) is 4.98 Å². The van der Waals surface area contributed by atoms with Gasteiger partial charge in [-0.15, -0.1) is 0 Å². The van der Waals surface area contributed by atoms with E-state index in [-0.39, 0.29) is 10.8 Å². The Hall–Kier alpha value is -0.790. The molecule has 1 aromatic rings. The first-order chi connectivity index (χ1) is 9.13. The lowest BCUT2D eigenvalue weighted by Crippen LogP contribution is -2.24. The first kappa shape index (κ1) is 17.3. The minimum Gasteiger partial charge on any atom is -0.345 e. The van der Waals surface area contributed by atoms with Gasteiger partial charge in [0.05, 0.1) is 5.69 Å². The molecule has 0 aliphatic heterocycles. The van der Waals surface area contributed by atoms with Gasteiger partial charge in [-0.25, -0.2) is 4.98 Å². The zero-order valence-corrected chi connectivity index (χ0v) is 14.9. The van der Waals surface area contributed by atoms with Crippen LogP contribution >= 0.6 is 0 Å². The standard InChI is InChI=1S/C18H34N2/c1-9-11-12-18(7,8)15-14(17(4,5)6)19-16(20-15)13(3)10-2/h13H,9-12H2,1-8H3,(H,19,20). The number of unbranched alkanes of at least 4 members (excludes halogenated alkanes) is 1. The second-order valence-electron chi connectivity index (χ2n) is 7.89. The van der Waals surface area contributed by atoms with Crippen molar-refractivity contribution in [3.8, 4) is 0 Å². The van der Waals surface area contributed by atoms with Gasteiger partial charge in [0.15, 0.2) is 0 Å². The Bertz CT molecular complexity index is 421. The van der Waals surface area contributed by atoms with Crippen LogP contribution in [0.15, 0.2) is 0 Å². The lowest BCUT2D eigenvalue weighted by molar-refractivity contribution is 0.430. The number of rotatable bonds is 6. The van der Waals surface area contributed by atoms with Crippen molar-refractivity contribution in [1.29, 1.82) is 0 Å². The summed E-state index contributed by atoms with van der Waals surface area (Å²) in [6.07, 6.45) is 4.85. The number of nitrogens with zero attached hydrogens (tertiary/aromatic N) is 1. The number of hydrogen-bond donors (Lipinski definition) is 1. The van der Waals surface area contributed by atoms with Crippen LogP contribution in [-0.4, -0.2) is 9.97 Å². The molecule has 0 spiro atoms. The molecule has 0 saturated heterocycles. The summed E-state index contributed by atoms with van der Waals surface area (Å²) in [7, 11) is 0. The van der Waals surface area contributed by atoms with Crippen LogP contribution in [0.5, 0.6) is 0 Å². The summed E-state index contributed by atoms with van der Waals surface area (Å²) in [6, 6.07) is 0. The first-order valence-corrected chi connectivity index (χ1v) is 8.24. The normalized spacial score (nSPS) is 14.6. The Kier molecular flexibility index (Phi) is 5.46. The van der Waals surface area contributed by atoms with E-state index in [9.17, 15) is 0 Å². The van der Waals surface area contributed by atoms with Crippen LogP contribution in [0.1, 0.15) is 104 Å². The van der Waals surface area contributed by atoms with Gasteiger partial charge in [-0.3, -0.25) is 0 Å². The second-order valence-corrected chi connectivity index (χ2v) is 7.89. The van der Waals surface area contributed by atoms with E-state index in [0.29, 0.717) is 5.92 Å². The van der Waals surface area contributed by atoms with Crippen LogP contribution in [0.25, 0.3) is 0 Å². The van der Waals surface area contributed by atoms with Gasteiger partial charge < -0.3 is 4.98 Å². The molecule has 0 radical (unpaired) electrons. The third-order valence-corrected chi connectivity index (χ3v) is 4.35. The Morgan fingerprint density at radius 3 is 2.15 bits per heavy atom. The van der Waals surface area contributed by atoms with Crippen molar-refractivity contribution in [2.75, 3.05) is 0 Å². The maximum atomic E-state index is 5.02. The predicted octanol–water partition coefficient (Wildman–Crippen LogP) is 5.69. The topological polar surface area (TPSA) is 28.7 Å². The fourth-order valence-electron chi connectivity index (χ4n) is 2.59. The fourth-order valence-corrected chi connectivity index (χ4v) is 2.59. The largest absolute Gasteiger partial charge is 0.345 e. The molecule has 0 aliphatic carbocycles. The highest BCUT2D eigenvalue weighted by Gasteiger charge is 2.32. The Labute approximate surface area is 125 Å². The van der Waals surface area contributed by atoms with E-state index in [2.05, 4.69) is 60.4 Å². The van der Waals surface area contributed by atoms with Crippen molar-refractivity contribution in [1.82, 2.24) is 9.97 Å². The van der Waals surface area contributed by atoms with Crippen molar-refractivity contribution in [2.24, 2.45) is 0 Å². The average molecular weight is 278 g/mol. The van der Waals surface area contributed by atoms with E-state index in [0.717, 1.165) is 12.2 Å². The van der Waals surface area contributed by atoms with Crippen molar-refractivity contribution in [3.05, 3.63) is 17.2 Å². The maximum Gasteiger partial charge on any atom is 0.109 e. The van der Waals surface area contributed by atoms with Crippen molar-refractivity contribution >= 4 is 0 Å². The number of nitrogens with one attached hydrogen (secondary N) is 1. The van der Waals surface area contributed by atoms with Gasteiger partial charge in [0.1, 0.15) is 5.82 Å². The van der Waals surface area contributed by atoms with E-state index in [1.165, 1.54) is 30.7 Å². The summed E-state index contributed by atoms with van der Waals surface area (Å²) in [5.74, 6) is 1.67. The van der Waals surface area contributed by atoms with E-state index >= 15 is 0 Å². The van der Waals surface area contributed by atoms with Gasteiger partial charge in [-0.1, -0.05) is 68.2 Å². The molecule has 1 aromatic heterocycles. The van der Waals surface area contributed by atoms with E-state index in [1.807, 2.05) is 0 Å². The molecule has 2 heteroatoms. The molecule has 0 amide bonds. The Balaban J connectivity index is 3.25. The molecule has 116 valence electrons. The predicted molar refractivity (Wildman–Crippen MR) is 88.5 cm³/mol. The lowest BCUT2D eigenvalue weighted by atomic mass is 9.78. The van der Waals surface area contributed by atoms with Crippen LogP contribution in [0.2, 0.25) is 0 Å². The molecule has 1 unspecified atom stereocenters. The number of hydrogen-bond acceptors (Lipinski definition) is 1. The van der Waals surface area contributed by atoms with Crippen LogP contribution in [-0.2, 0) is 10.8 Å². The number of imidazole rings is 1. The highest BCUT2D eigenvalue weighted by atomic mass is 15.0. The highest BCUT2D eigenvalue weighted by molar-refractivity contribution is 5.29. The summed E-state index contributed by atoms with van der Waals surface area (Å²) >= 11 is 0. The quantitative estimate of drug-likeness (QED) is 0.711. The Morgan fingerprint density at radius 1 is 1.10 bits per heavy atom. The highest BCUT2D eigenvalue weighted by Crippen LogP contribution is 2.36. The SMILES string of the molecule is CCCCC(C)(C)c1nc(C(C)CC)[nH]c1C(C)(C)C. The zero-order valence-electron chi connectivity index (χ0n) is 14.9. The zero-order chi connectivity index (χ0) is 15.6.